The van der Waals surface area contributed by atoms with E-state index in [4.69, 9.17) is 0 Å². The van der Waals surface area contributed by atoms with Crippen molar-refractivity contribution in [3.63, 3.8) is 0 Å². The van der Waals surface area contributed by atoms with Crippen LogP contribution in [-0.4, -0.2) is 54.1 Å². The molecule has 0 saturated carbocycles. The van der Waals surface area contributed by atoms with Crippen LogP contribution in [0.3, 0.4) is 0 Å². The number of carbonyl (C=O) groups is 2. The average Bonchev–Trinajstić information content (AvgIpc) is 2.66. The molecule has 2 aromatic carbocycles. The van der Waals surface area contributed by atoms with E-state index in [0.29, 0.717) is 0 Å². The van der Waals surface area contributed by atoms with Crippen LogP contribution in [0.1, 0.15) is 33.6 Å². The zero-order valence-corrected chi connectivity index (χ0v) is 23.4. The van der Waals surface area contributed by atoms with E-state index in [1.807, 2.05) is 0 Å². The monoisotopic (exact) mass is 604 g/mol. The third kappa shape index (κ3) is 16.5. The smallest absolute Gasteiger partial charge is 0.358 e. The molecule has 0 heterocycles. The molecule has 15 heteroatoms. The predicted molar refractivity (Wildman–Crippen MR) is 123 cm³/mol. The van der Waals surface area contributed by atoms with Crippen molar-refractivity contribution in [3.8, 4) is 0 Å². The molecule has 0 N–H and O–H groups in total. The van der Waals surface area contributed by atoms with Gasteiger partial charge in [-0.25, -0.2) is 17.6 Å². The fourth-order valence-corrected chi connectivity index (χ4v) is 2.93. The molecular formula is C22H24F4O8S2Ti. The van der Waals surface area contributed by atoms with Gasteiger partial charge in [0.25, 0.3) is 20.2 Å². The van der Waals surface area contributed by atoms with E-state index >= 15 is 0 Å². The molecule has 0 radical (unpaired) electrons. The number of hydrogen-bond acceptors (Lipinski definition) is 8. The quantitative estimate of drug-likeness (QED) is 0.133. The number of ketones is 2. The minimum absolute atomic E-state index is 0. The van der Waals surface area contributed by atoms with Crippen molar-refractivity contribution in [1.82, 2.24) is 0 Å². The fourth-order valence-electron chi connectivity index (χ4n) is 2.16. The van der Waals surface area contributed by atoms with Gasteiger partial charge in [-0.1, -0.05) is 11.1 Å². The number of hydrogen-bond donors (Lipinski definition) is 0. The minimum Gasteiger partial charge on any atom is -0.358 e. The average molecular weight is 604 g/mol. The molecular weight excluding hydrogens is 580 g/mol. The van der Waals surface area contributed by atoms with E-state index in [1.165, 1.54) is 0 Å². The van der Waals surface area contributed by atoms with E-state index in [0.717, 1.165) is 36.8 Å². The summed E-state index contributed by atoms with van der Waals surface area (Å²) in [5.74, 6) is -5.38. The first-order valence-corrected chi connectivity index (χ1v) is 12.7. The molecule has 2 rings (SSSR count). The number of rotatable bonds is 10. The Morgan fingerprint density at radius 1 is 0.703 bits per heavy atom. The molecule has 37 heavy (non-hydrogen) atoms. The fraction of sp³-hybridized carbons (Fsp3) is 0.273. The second kappa shape index (κ2) is 17.5. The minimum atomic E-state index is -3.63. The maximum atomic E-state index is 13.1. The van der Waals surface area contributed by atoms with Crippen molar-refractivity contribution >= 4 is 31.8 Å². The van der Waals surface area contributed by atoms with Gasteiger partial charge >= 0.3 is 21.7 Å². The van der Waals surface area contributed by atoms with Gasteiger partial charge in [0.2, 0.25) is 0 Å². The van der Waals surface area contributed by atoms with Crippen LogP contribution < -0.4 is 0 Å². The number of Topliss-reactive ketones (excluding diaryl/α,β-unsaturated/α-hetero) is 2. The van der Waals surface area contributed by atoms with Crippen molar-refractivity contribution in [2.45, 2.75) is 12.8 Å². The summed E-state index contributed by atoms with van der Waals surface area (Å²) in [5, 5.41) is 0. The zero-order chi connectivity index (χ0) is 26.1. The summed E-state index contributed by atoms with van der Waals surface area (Å²) in [5.41, 5.74) is -0.688. The molecule has 0 unspecified atom stereocenters. The molecule has 0 saturated heterocycles. The van der Waals surface area contributed by atoms with Crippen LogP contribution in [0.5, 0.6) is 0 Å². The van der Waals surface area contributed by atoms with E-state index in [-0.39, 0.29) is 73.8 Å². The Bertz CT molecular complexity index is 1160. The van der Waals surface area contributed by atoms with Gasteiger partial charge in [0.15, 0.2) is 0 Å². The molecule has 2 aromatic rings. The van der Waals surface area contributed by atoms with Gasteiger partial charge in [-0.2, -0.15) is 29.0 Å². The van der Waals surface area contributed by atoms with Crippen molar-refractivity contribution in [1.29, 1.82) is 0 Å². The zero-order valence-electron chi connectivity index (χ0n) is 20.2. The van der Waals surface area contributed by atoms with Crippen molar-refractivity contribution < 1.29 is 74.1 Å². The summed E-state index contributed by atoms with van der Waals surface area (Å²) in [6.07, 6.45) is 1.04. The number of carbonyl (C=O) groups excluding carboxylic acids is 2. The topological polar surface area (TPSA) is 121 Å². The molecule has 8 nitrogen and oxygen atoms in total. The molecule has 0 aromatic heterocycles. The van der Waals surface area contributed by atoms with Crippen LogP contribution >= 0.6 is 0 Å². The Kier molecular flexibility index (Phi) is 18.7. The molecule has 0 aliphatic rings. The van der Waals surface area contributed by atoms with Gasteiger partial charge in [-0.05, 0) is 0 Å². The van der Waals surface area contributed by atoms with Crippen LogP contribution in [0.25, 0.3) is 0 Å². The Hall–Kier alpha value is -1.97. The molecule has 0 aliphatic heterocycles. The van der Waals surface area contributed by atoms with Crippen LogP contribution in [0.15, 0.2) is 24.3 Å². The second-order valence-electron chi connectivity index (χ2n) is 6.47. The first kappa shape index (κ1) is 39.5. The summed E-state index contributed by atoms with van der Waals surface area (Å²) in [7, 11) is -7.27. The molecule has 204 valence electrons. The van der Waals surface area contributed by atoms with Crippen LogP contribution in [0.2, 0.25) is 0 Å². The standard InChI is InChI=1S/2C10H9F2O4S.2CH3.Ti/c2*1-17(14,15)16-5-4-10(13)8-3-2-7(11)6-9(8)12;;;/h2*2-3H,4-5H2,1H3;2*1H3;/q4*-1;+4. The maximum absolute atomic E-state index is 13.1. The van der Waals surface area contributed by atoms with E-state index in [9.17, 15) is 44.0 Å². The number of benzene rings is 2. The predicted octanol–water partition coefficient (Wildman–Crippen LogP) is 3.53. The SMILES string of the molecule is CS(=O)(=O)OCCC(=O)c1ccc(F)[c-]c1F.CS(=O)(=O)OCCC(=O)c1ccc(F)[c-]c1F.[CH3-].[CH3-].[Ti+4]. The summed E-state index contributed by atoms with van der Waals surface area (Å²) < 4.78 is 102. The Morgan fingerprint density at radius 3 is 1.24 bits per heavy atom. The van der Waals surface area contributed by atoms with Crippen LogP contribution in [0, 0.1) is 50.3 Å². The van der Waals surface area contributed by atoms with Gasteiger partial charge in [-0.15, -0.1) is 24.3 Å². The van der Waals surface area contributed by atoms with Crippen LogP contribution in [0.4, 0.5) is 17.6 Å². The molecule has 0 amide bonds. The number of halogens is 4. The van der Waals surface area contributed by atoms with E-state index < -0.39 is 55.1 Å². The summed E-state index contributed by atoms with van der Waals surface area (Å²) in [6.45, 7) is -0.761. The Labute approximate surface area is 229 Å². The van der Waals surface area contributed by atoms with Gasteiger partial charge in [0, 0.05) is 36.1 Å². The van der Waals surface area contributed by atoms with Gasteiger partial charge in [-0.3, -0.25) is 8.37 Å². The molecule has 0 aliphatic carbocycles. The summed E-state index contributed by atoms with van der Waals surface area (Å²) in [6, 6.07) is 7.17. The van der Waals surface area contributed by atoms with Crippen molar-refractivity contribution in [2.75, 3.05) is 25.7 Å². The Balaban J connectivity index is -0.000000578. The van der Waals surface area contributed by atoms with Crippen LogP contribution in [-0.2, 0) is 50.3 Å². The molecule has 0 spiro atoms. The largest absolute Gasteiger partial charge is 4.00 e. The maximum Gasteiger partial charge on any atom is 4.00 e. The van der Waals surface area contributed by atoms with Crippen molar-refractivity contribution in [2.24, 2.45) is 0 Å². The summed E-state index contributed by atoms with van der Waals surface area (Å²) in [4.78, 5) is 22.8. The normalized spacial score (nSPS) is 10.5. The first-order chi connectivity index (χ1) is 15.6. The molecule has 0 atom stereocenters. The van der Waals surface area contributed by atoms with E-state index in [2.05, 4.69) is 8.37 Å². The summed E-state index contributed by atoms with van der Waals surface area (Å²) >= 11 is 0. The van der Waals surface area contributed by atoms with E-state index in [1.54, 1.807) is 12.1 Å². The Morgan fingerprint density at radius 2 is 1.00 bits per heavy atom. The second-order valence-corrected chi connectivity index (χ2v) is 9.75. The first-order valence-electron chi connectivity index (χ1n) is 9.09. The third-order valence-electron chi connectivity index (χ3n) is 3.58. The third-order valence-corrected chi connectivity index (χ3v) is 4.77. The molecule has 0 bridgehead atoms. The van der Waals surface area contributed by atoms with Gasteiger partial charge in [0.1, 0.15) is 11.6 Å². The molecule has 0 fully saturated rings. The van der Waals surface area contributed by atoms with Gasteiger partial charge in [0.05, 0.1) is 25.7 Å². The van der Waals surface area contributed by atoms with Gasteiger partial charge < -0.3 is 24.4 Å². The van der Waals surface area contributed by atoms with Crippen molar-refractivity contribution in [3.05, 3.63) is 85.6 Å².